The molecular weight excluding hydrogens is 209 g/mol. The molecule has 0 amide bonds. The monoisotopic (exact) mass is 220 g/mol. The molecule has 1 aromatic rings. The average Bonchev–Trinajstić information content (AvgIpc) is 2.15. The summed E-state index contributed by atoms with van der Waals surface area (Å²) in [5.74, 6) is 0.551. The Bertz CT molecular complexity index is 313. The van der Waals surface area contributed by atoms with Gasteiger partial charge in [0.25, 0.3) is 0 Å². The summed E-state index contributed by atoms with van der Waals surface area (Å²) in [5, 5.41) is 4.99. The summed E-state index contributed by atoms with van der Waals surface area (Å²) in [6, 6.07) is 0. The zero-order chi connectivity index (χ0) is 11.3. The first-order valence-electron chi connectivity index (χ1n) is 4.38. The molecule has 0 aliphatic heterocycles. The topological polar surface area (TPSA) is 49.8 Å². The summed E-state index contributed by atoms with van der Waals surface area (Å²) in [4.78, 5) is 7.63. The minimum Gasteiger partial charge on any atom is -0.369 e. The Morgan fingerprint density at radius 2 is 1.80 bits per heavy atom. The van der Waals surface area contributed by atoms with Crippen molar-refractivity contribution in [3.05, 3.63) is 12.4 Å². The average molecular weight is 220 g/mol. The summed E-state index contributed by atoms with van der Waals surface area (Å²) in [7, 11) is 0. The van der Waals surface area contributed by atoms with Gasteiger partial charge in [0.2, 0.25) is 0 Å². The molecule has 1 heterocycles. The third-order valence-electron chi connectivity index (χ3n) is 1.46. The molecule has 1 aromatic heterocycles. The largest absolute Gasteiger partial charge is 0.405 e. The van der Waals surface area contributed by atoms with Gasteiger partial charge in [0.1, 0.15) is 18.2 Å². The van der Waals surface area contributed by atoms with Crippen LogP contribution in [0.25, 0.3) is 0 Å². The van der Waals surface area contributed by atoms with Crippen molar-refractivity contribution in [2.24, 2.45) is 0 Å². The van der Waals surface area contributed by atoms with Gasteiger partial charge < -0.3 is 10.6 Å². The summed E-state index contributed by atoms with van der Waals surface area (Å²) >= 11 is 0. The fourth-order valence-electron chi connectivity index (χ4n) is 0.908. The Labute approximate surface area is 84.9 Å². The van der Waals surface area contributed by atoms with Gasteiger partial charge in [-0.05, 0) is 6.92 Å². The number of alkyl halides is 3. The molecule has 0 spiro atoms. The zero-order valence-electron chi connectivity index (χ0n) is 8.10. The summed E-state index contributed by atoms with van der Waals surface area (Å²) in [5.41, 5.74) is 0. The second-order valence-electron chi connectivity index (χ2n) is 2.79. The number of halogens is 3. The van der Waals surface area contributed by atoms with E-state index in [9.17, 15) is 13.2 Å². The first-order valence-corrected chi connectivity index (χ1v) is 4.38. The molecule has 0 radical (unpaired) electrons. The van der Waals surface area contributed by atoms with Crippen molar-refractivity contribution in [3.63, 3.8) is 0 Å². The third-order valence-corrected chi connectivity index (χ3v) is 1.46. The maximum Gasteiger partial charge on any atom is 0.405 e. The van der Waals surface area contributed by atoms with Crippen molar-refractivity contribution in [2.45, 2.75) is 13.1 Å². The first kappa shape index (κ1) is 11.5. The van der Waals surface area contributed by atoms with E-state index in [0.717, 1.165) is 0 Å². The van der Waals surface area contributed by atoms with Crippen LogP contribution in [0.15, 0.2) is 12.4 Å². The number of rotatable bonds is 4. The zero-order valence-corrected chi connectivity index (χ0v) is 8.10. The molecule has 4 nitrogen and oxygen atoms in total. The molecule has 0 unspecified atom stereocenters. The minimum atomic E-state index is -4.25. The van der Waals surface area contributed by atoms with Gasteiger partial charge >= 0.3 is 6.18 Å². The highest BCUT2D eigenvalue weighted by Crippen LogP contribution is 2.15. The van der Waals surface area contributed by atoms with E-state index in [1.807, 2.05) is 6.92 Å². The van der Waals surface area contributed by atoms with Gasteiger partial charge in [-0.3, -0.25) is 4.98 Å². The Hall–Kier alpha value is -1.53. The van der Waals surface area contributed by atoms with Crippen molar-refractivity contribution in [1.82, 2.24) is 9.97 Å². The molecule has 0 fully saturated rings. The van der Waals surface area contributed by atoms with Crippen LogP contribution in [0.5, 0.6) is 0 Å². The van der Waals surface area contributed by atoms with Crippen LogP contribution in [-0.2, 0) is 0 Å². The van der Waals surface area contributed by atoms with E-state index in [1.54, 1.807) is 0 Å². The molecule has 0 aromatic carbocycles. The van der Waals surface area contributed by atoms with Gasteiger partial charge in [-0.15, -0.1) is 0 Å². The molecule has 0 saturated carbocycles. The van der Waals surface area contributed by atoms with E-state index in [-0.39, 0.29) is 5.82 Å². The summed E-state index contributed by atoms with van der Waals surface area (Å²) in [6.45, 7) is 1.38. The smallest absolute Gasteiger partial charge is 0.369 e. The van der Waals surface area contributed by atoms with Crippen molar-refractivity contribution in [3.8, 4) is 0 Å². The summed E-state index contributed by atoms with van der Waals surface area (Å²) < 4.78 is 35.6. The lowest BCUT2D eigenvalue weighted by molar-refractivity contribution is -0.115. The molecule has 0 aliphatic rings. The minimum absolute atomic E-state index is 0.103. The summed E-state index contributed by atoms with van der Waals surface area (Å²) in [6.07, 6.45) is -1.56. The van der Waals surface area contributed by atoms with E-state index in [0.29, 0.717) is 12.4 Å². The van der Waals surface area contributed by atoms with Gasteiger partial charge in [0.15, 0.2) is 0 Å². The third kappa shape index (κ3) is 4.48. The van der Waals surface area contributed by atoms with Crippen LogP contribution < -0.4 is 10.6 Å². The molecule has 2 N–H and O–H groups in total. The second kappa shape index (κ2) is 4.81. The predicted molar refractivity (Wildman–Crippen MR) is 50.7 cm³/mol. The van der Waals surface area contributed by atoms with Gasteiger partial charge in [-0.25, -0.2) is 4.98 Å². The highest BCUT2D eigenvalue weighted by molar-refractivity contribution is 5.41. The molecule has 0 saturated heterocycles. The number of nitrogens with one attached hydrogen (secondary N) is 2. The molecular formula is C8H11F3N4. The number of anilines is 2. The molecule has 1 rings (SSSR count). The Balaban J connectivity index is 2.57. The van der Waals surface area contributed by atoms with Crippen LogP contribution in [0.1, 0.15) is 6.92 Å². The van der Waals surface area contributed by atoms with E-state index < -0.39 is 12.7 Å². The quantitative estimate of drug-likeness (QED) is 0.813. The maximum absolute atomic E-state index is 11.9. The van der Waals surface area contributed by atoms with Crippen LogP contribution in [0.2, 0.25) is 0 Å². The highest BCUT2D eigenvalue weighted by Gasteiger charge is 2.26. The van der Waals surface area contributed by atoms with Crippen molar-refractivity contribution >= 4 is 11.6 Å². The fourth-order valence-corrected chi connectivity index (χ4v) is 0.908. The van der Waals surface area contributed by atoms with Crippen LogP contribution in [0.4, 0.5) is 24.8 Å². The predicted octanol–water partition coefficient (Wildman–Crippen LogP) is 1.88. The van der Waals surface area contributed by atoms with Crippen molar-refractivity contribution in [1.29, 1.82) is 0 Å². The molecule has 0 bridgehead atoms. The number of hydrogen-bond acceptors (Lipinski definition) is 4. The van der Waals surface area contributed by atoms with Crippen molar-refractivity contribution in [2.75, 3.05) is 23.7 Å². The van der Waals surface area contributed by atoms with E-state index in [2.05, 4.69) is 20.6 Å². The Kier molecular flexibility index (Phi) is 3.70. The SMILES string of the molecule is CCNc1cncc(NCC(F)(F)F)n1. The Morgan fingerprint density at radius 1 is 1.20 bits per heavy atom. The lowest BCUT2D eigenvalue weighted by Gasteiger charge is -2.09. The second-order valence-corrected chi connectivity index (χ2v) is 2.79. The van der Waals surface area contributed by atoms with Crippen molar-refractivity contribution < 1.29 is 13.2 Å². The molecule has 0 aliphatic carbocycles. The highest BCUT2D eigenvalue weighted by atomic mass is 19.4. The fraction of sp³-hybridized carbons (Fsp3) is 0.500. The molecule has 7 heteroatoms. The number of nitrogens with zero attached hydrogens (tertiary/aromatic N) is 2. The van der Waals surface area contributed by atoms with E-state index in [1.165, 1.54) is 12.4 Å². The van der Waals surface area contributed by atoms with Crippen LogP contribution in [-0.4, -0.2) is 29.2 Å². The lowest BCUT2D eigenvalue weighted by Crippen LogP contribution is -2.22. The van der Waals surface area contributed by atoms with Crippen LogP contribution >= 0.6 is 0 Å². The van der Waals surface area contributed by atoms with Gasteiger partial charge in [-0.2, -0.15) is 13.2 Å². The van der Waals surface area contributed by atoms with Gasteiger partial charge in [0, 0.05) is 6.54 Å². The standard InChI is InChI=1S/C8H11F3N4/c1-2-13-6-3-12-4-7(15-6)14-5-8(9,10)11/h3-4H,2,5H2,1H3,(H2,13,14,15). The molecule has 84 valence electrons. The number of aromatic nitrogens is 2. The normalized spacial score (nSPS) is 11.2. The van der Waals surface area contributed by atoms with E-state index in [4.69, 9.17) is 0 Å². The van der Waals surface area contributed by atoms with E-state index >= 15 is 0 Å². The Morgan fingerprint density at radius 3 is 2.33 bits per heavy atom. The molecule has 0 atom stereocenters. The lowest BCUT2D eigenvalue weighted by atomic mass is 10.5. The van der Waals surface area contributed by atoms with Gasteiger partial charge in [-0.1, -0.05) is 0 Å². The van der Waals surface area contributed by atoms with Crippen LogP contribution in [0, 0.1) is 0 Å². The maximum atomic E-state index is 11.9. The number of hydrogen-bond donors (Lipinski definition) is 2. The molecule has 15 heavy (non-hydrogen) atoms. The first-order chi connectivity index (χ1) is 7.01. The van der Waals surface area contributed by atoms with Crippen LogP contribution in [0.3, 0.4) is 0 Å². The van der Waals surface area contributed by atoms with Gasteiger partial charge in [0.05, 0.1) is 12.4 Å².